The van der Waals surface area contributed by atoms with Crippen LogP contribution in [0.5, 0.6) is 0 Å². The van der Waals surface area contributed by atoms with Gasteiger partial charge in [-0.25, -0.2) is 0 Å². The fourth-order valence-electron chi connectivity index (χ4n) is 0.961. The van der Waals surface area contributed by atoms with Crippen LogP contribution in [0.3, 0.4) is 0 Å². The summed E-state index contributed by atoms with van der Waals surface area (Å²) in [6, 6.07) is 0. The van der Waals surface area contributed by atoms with Crippen LogP contribution in [0, 0.1) is 12.8 Å². The molecule has 0 N–H and O–H groups in total. The van der Waals surface area contributed by atoms with Crippen LogP contribution in [0.25, 0.3) is 0 Å². The van der Waals surface area contributed by atoms with E-state index in [0.717, 1.165) is 0 Å². The zero-order chi connectivity index (χ0) is 6.41. The van der Waals surface area contributed by atoms with Gasteiger partial charge in [-0.15, -0.1) is 0 Å². The second kappa shape index (κ2) is 9.00. The molecule has 0 saturated heterocycles. The zero-order valence-corrected chi connectivity index (χ0v) is 9.11. The van der Waals surface area contributed by atoms with Crippen LogP contribution < -0.4 is 29.6 Å². The molecule has 0 aliphatic rings. The maximum atomic E-state index is 4.02. The zero-order valence-electron chi connectivity index (χ0n) is 7.11. The molecule has 0 aliphatic heterocycles. The third-order valence-electron chi connectivity index (χ3n) is 1.39. The van der Waals surface area contributed by atoms with Gasteiger partial charge < -0.3 is 6.92 Å². The average molecular weight is 136 g/mol. The van der Waals surface area contributed by atoms with E-state index in [9.17, 15) is 0 Å². The standard InChI is InChI=1S/C8H17.Na/c1-4-6-8(3)7-5-2;/h8H,3-7H2,1-2H3;/q-1;+1. The van der Waals surface area contributed by atoms with E-state index in [0.29, 0.717) is 5.92 Å². The maximum absolute atomic E-state index is 4.02. The van der Waals surface area contributed by atoms with Crippen molar-refractivity contribution in [2.24, 2.45) is 5.92 Å². The summed E-state index contributed by atoms with van der Waals surface area (Å²) in [5.74, 6) is 0.713. The predicted molar refractivity (Wildman–Crippen MR) is 38.7 cm³/mol. The van der Waals surface area contributed by atoms with Gasteiger partial charge in [-0.1, -0.05) is 39.5 Å². The summed E-state index contributed by atoms with van der Waals surface area (Å²) in [6.45, 7) is 8.45. The Morgan fingerprint density at radius 1 is 1.11 bits per heavy atom. The van der Waals surface area contributed by atoms with Gasteiger partial charge in [0.15, 0.2) is 0 Å². The van der Waals surface area contributed by atoms with Crippen molar-refractivity contribution in [3.8, 4) is 0 Å². The Kier molecular flexibility index (Phi) is 12.7. The van der Waals surface area contributed by atoms with Gasteiger partial charge in [0.1, 0.15) is 0 Å². The molecule has 0 nitrogen and oxygen atoms in total. The van der Waals surface area contributed by atoms with Crippen LogP contribution in [0.2, 0.25) is 0 Å². The monoisotopic (exact) mass is 136 g/mol. The van der Waals surface area contributed by atoms with E-state index in [1.165, 1.54) is 25.7 Å². The molecule has 0 bridgehead atoms. The topological polar surface area (TPSA) is 0 Å². The summed E-state index contributed by atoms with van der Waals surface area (Å²) >= 11 is 0. The van der Waals surface area contributed by atoms with Crippen LogP contribution in [0.1, 0.15) is 39.5 Å². The Morgan fingerprint density at radius 2 is 1.44 bits per heavy atom. The van der Waals surface area contributed by atoms with E-state index in [1.54, 1.807) is 0 Å². The summed E-state index contributed by atoms with van der Waals surface area (Å²) in [6.07, 6.45) is 5.17. The fourth-order valence-corrected chi connectivity index (χ4v) is 0.961. The van der Waals surface area contributed by atoms with Crippen LogP contribution >= 0.6 is 0 Å². The van der Waals surface area contributed by atoms with Crippen LogP contribution in [-0.2, 0) is 0 Å². The molecule has 0 aliphatic carbocycles. The van der Waals surface area contributed by atoms with Crippen molar-refractivity contribution in [2.75, 3.05) is 0 Å². The molecule has 0 unspecified atom stereocenters. The minimum Gasteiger partial charge on any atom is -0.340 e. The average Bonchev–Trinajstić information content (AvgIpc) is 1.68. The molecular weight excluding hydrogens is 119 g/mol. The Morgan fingerprint density at radius 3 is 1.67 bits per heavy atom. The largest absolute Gasteiger partial charge is 1.00 e. The number of hydrogen-bond acceptors (Lipinski definition) is 0. The SMILES string of the molecule is [CH2-]C(CCC)CCC.[Na+]. The minimum absolute atomic E-state index is 0. The molecule has 0 aromatic rings. The van der Waals surface area contributed by atoms with E-state index in [4.69, 9.17) is 0 Å². The van der Waals surface area contributed by atoms with Gasteiger partial charge in [-0.05, 0) is 0 Å². The van der Waals surface area contributed by atoms with Crippen molar-refractivity contribution in [1.82, 2.24) is 0 Å². The summed E-state index contributed by atoms with van der Waals surface area (Å²) in [5, 5.41) is 0. The molecule has 0 rings (SSSR count). The molecule has 1 heteroatoms. The van der Waals surface area contributed by atoms with Crippen molar-refractivity contribution in [3.05, 3.63) is 6.92 Å². The van der Waals surface area contributed by atoms with Gasteiger partial charge in [-0.2, -0.15) is 5.92 Å². The van der Waals surface area contributed by atoms with Crippen LogP contribution in [-0.4, -0.2) is 0 Å². The van der Waals surface area contributed by atoms with Crippen molar-refractivity contribution in [1.29, 1.82) is 0 Å². The molecule has 9 heavy (non-hydrogen) atoms. The van der Waals surface area contributed by atoms with Crippen molar-refractivity contribution in [3.63, 3.8) is 0 Å². The van der Waals surface area contributed by atoms with Gasteiger partial charge in [0.2, 0.25) is 0 Å². The van der Waals surface area contributed by atoms with Crippen molar-refractivity contribution < 1.29 is 29.6 Å². The second-order valence-electron chi connectivity index (χ2n) is 2.44. The Labute approximate surface area is 81.7 Å². The number of hydrogen-bond donors (Lipinski definition) is 0. The van der Waals surface area contributed by atoms with E-state index < -0.39 is 0 Å². The van der Waals surface area contributed by atoms with Gasteiger partial charge in [0.05, 0.1) is 0 Å². The maximum Gasteiger partial charge on any atom is 1.00 e. The van der Waals surface area contributed by atoms with Gasteiger partial charge in [0, 0.05) is 0 Å². The first-order chi connectivity index (χ1) is 3.81. The van der Waals surface area contributed by atoms with E-state index in [-0.39, 0.29) is 29.6 Å². The molecule has 50 valence electrons. The summed E-state index contributed by atoms with van der Waals surface area (Å²) in [7, 11) is 0. The first kappa shape index (κ1) is 12.7. The third kappa shape index (κ3) is 9.00. The Bertz CT molecular complexity index is 37.8. The first-order valence-electron chi connectivity index (χ1n) is 3.64. The molecule has 0 aromatic heterocycles. The smallest absolute Gasteiger partial charge is 0.340 e. The molecule has 0 saturated carbocycles. The van der Waals surface area contributed by atoms with Gasteiger partial charge >= 0.3 is 29.6 Å². The molecule has 0 radical (unpaired) electrons. The van der Waals surface area contributed by atoms with E-state index in [2.05, 4.69) is 20.8 Å². The molecule has 0 amide bonds. The molecule has 0 heterocycles. The number of rotatable bonds is 4. The normalized spacial score (nSPS) is 9.33. The predicted octanol–water partition coefficient (Wildman–Crippen LogP) is 0.0409. The molecular formula is C8H17Na. The second-order valence-corrected chi connectivity index (χ2v) is 2.44. The summed E-state index contributed by atoms with van der Waals surface area (Å²) in [5.41, 5.74) is 0. The van der Waals surface area contributed by atoms with Crippen molar-refractivity contribution >= 4 is 0 Å². The van der Waals surface area contributed by atoms with E-state index >= 15 is 0 Å². The Balaban J connectivity index is 0. The van der Waals surface area contributed by atoms with Crippen LogP contribution in [0.4, 0.5) is 0 Å². The molecule has 0 fully saturated rings. The molecule has 0 atom stereocenters. The first-order valence-corrected chi connectivity index (χ1v) is 3.64. The summed E-state index contributed by atoms with van der Waals surface area (Å²) in [4.78, 5) is 0. The Hall–Kier alpha value is 1.00. The minimum atomic E-state index is 0. The van der Waals surface area contributed by atoms with Crippen molar-refractivity contribution in [2.45, 2.75) is 39.5 Å². The van der Waals surface area contributed by atoms with Crippen LogP contribution in [0.15, 0.2) is 0 Å². The van der Waals surface area contributed by atoms with Gasteiger partial charge in [0.25, 0.3) is 0 Å². The summed E-state index contributed by atoms with van der Waals surface area (Å²) < 4.78 is 0. The molecule has 0 spiro atoms. The molecule has 0 aromatic carbocycles. The van der Waals surface area contributed by atoms with E-state index in [1.807, 2.05) is 0 Å². The third-order valence-corrected chi connectivity index (χ3v) is 1.39. The van der Waals surface area contributed by atoms with Gasteiger partial charge in [-0.3, -0.25) is 0 Å². The fraction of sp³-hybridized carbons (Fsp3) is 0.875. The quantitative estimate of drug-likeness (QED) is 0.378.